The summed E-state index contributed by atoms with van der Waals surface area (Å²) in [7, 11) is 0. The number of amides is 1. The summed E-state index contributed by atoms with van der Waals surface area (Å²) in [5.41, 5.74) is 1.58. The summed E-state index contributed by atoms with van der Waals surface area (Å²) in [6.45, 7) is 4.50. The first kappa shape index (κ1) is 21.1. The molecule has 0 radical (unpaired) electrons. The third kappa shape index (κ3) is 5.71. The van der Waals surface area contributed by atoms with Gasteiger partial charge in [0.1, 0.15) is 0 Å². The maximum Gasteiger partial charge on any atom is 0.308 e. The van der Waals surface area contributed by atoms with E-state index in [-0.39, 0.29) is 19.1 Å². The summed E-state index contributed by atoms with van der Waals surface area (Å²) in [6.07, 6.45) is 1.70. The molecule has 1 atom stereocenters. The molecule has 0 saturated carbocycles. The Hall–Kier alpha value is -3.17. The molecular formula is C22H26N4O5. The molecule has 9 nitrogen and oxygen atoms in total. The molecule has 1 aromatic heterocycles. The van der Waals surface area contributed by atoms with Crippen LogP contribution in [0.25, 0.3) is 0 Å². The van der Waals surface area contributed by atoms with Crippen LogP contribution in [0.3, 0.4) is 0 Å². The van der Waals surface area contributed by atoms with Crippen molar-refractivity contribution in [3.63, 3.8) is 0 Å². The fourth-order valence-electron chi connectivity index (χ4n) is 3.80. The lowest BCUT2D eigenvalue weighted by molar-refractivity contribution is -0.144. The Balaban J connectivity index is 1.25. The van der Waals surface area contributed by atoms with Crippen molar-refractivity contribution in [3.05, 3.63) is 48.3 Å². The number of nitrogens with one attached hydrogen (secondary N) is 1. The molecule has 1 saturated heterocycles. The Morgan fingerprint density at radius 3 is 2.58 bits per heavy atom. The predicted molar refractivity (Wildman–Crippen MR) is 113 cm³/mol. The molecule has 2 aliphatic rings. The number of carbonyl (C=O) groups is 2. The Morgan fingerprint density at radius 1 is 1.06 bits per heavy atom. The van der Waals surface area contributed by atoms with Crippen molar-refractivity contribution in [3.8, 4) is 11.5 Å². The van der Waals surface area contributed by atoms with Crippen molar-refractivity contribution in [2.75, 3.05) is 44.8 Å². The first-order valence-corrected chi connectivity index (χ1v) is 10.3. The minimum absolute atomic E-state index is 0.0854. The van der Waals surface area contributed by atoms with Crippen molar-refractivity contribution >= 4 is 17.6 Å². The quantitative estimate of drug-likeness (QED) is 0.657. The van der Waals surface area contributed by atoms with Crippen LogP contribution in [0.1, 0.15) is 12.1 Å². The molecule has 1 aromatic carbocycles. The topological polar surface area (TPSA) is 104 Å². The minimum Gasteiger partial charge on any atom is -0.481 e. The number of rotatable bonds is 8. The Kier molecular flexibility index (Phi) is 6.63. The number of fused-ring (bicyclic) bond motifs is 1. The Morgan fingerprint density at radius 2 is 1.84 bits per heavy atom. The summed E-state index contributed by atoms with van der Waals surface area (Å²) >= 11 is 0. The number of aliphatic carboxylic acids is 1. The number of benzene rings is 1. The summed E-state index contributed by atoms with van der Waals surface area (Å²) in [5.74, 6) is -0.868. The third-order valence-electron chi connectivity index (χ3n) is 5.49. The van der Waals surface area contributed by atoms with Crippen LogP contribution < -0.4 is 14.8 Å². The number of nitrogens with zero attached hydrogens (tertiary/aromatic N) is 3. The van der Waals surface area contributed by atoms with Gasteiger partial charge in [0.15, 0.2) is 11.5 Å². The molecule has 9 heteroatoms. The van der Waals surface area contributed by atoms with E-state index in [1.165, 1.54) is 0 Å². The fraction of sp³-hybridized carbons (Fsp3) is 0.409. The van der Waals surface area contributed by atoms with Crippen LogP contribution in [0.2, 0.25) is 0 Å². The zero-order valence-corrected chi connectivity index (χ0v) is 17.2. The third-order valence-corrected chi connectivity index (χ3v) is 5.49. The predicted octanol–water partition coefficient (Wildman–Crippen LogP) is 1.66. The first-order chi connectivity index (χ1) is 15.1. The number of anilines is 1. The zero-order valence-electron chi connectivity index (χ0n) is 17.2. The van der Waals surface area contributed by atoms with Crippen molar-refractivity contribution in [1.29, 1.82) is 0 Å². The molecule has 0 spiro atoms. The molecule has 2 aliphatic heterocycles. The number of carboxylic acid groups (broad SMARTS) is 1. The number of pyridine rings is 1. The van der Waals surface area contributed by atoms with E-state index in [0.29, 0.717) is 23.7 Å². The van der Waals surface area contributed by atoms with Crippen LogP contribution in [0.15, 0.2) is 42.6 Å². The molecule has 1 fully saturated rings. The first-order valence-electron chi connectivity index (χ1n) is 10.3. The highest BCUT2D eigenvalue weighted by Gasteiger charge is 2.27. The van der Waals surface area contributed by atoms with Gasteiger partial charge in [0.2, 0.25) is 12.7 Å². The molecule has 2 N–H and O–H groups in total. The number of carbonyl (C=O) groups excluding carboxylic acids is 1. The van der Waals surface area contributed by atoms with Crippen LogP contribution in [-0.4, -0.2) is 71.3 Å². The van der Waals surface area contributed by atoms with Gasteiger partial charge in [0, 0.05) is 63.6 Å². The number of aromatic nitrogens is 1. The van der Waals surface area contributed by atoms with Gasteiger partial charge in [0.25, 0.3) is 0 Å². The van der Waals surface area contributed by atoms with Gasteiger partial charge in [-0.05, 0) is 24.3 Å². The maximum atomic E-state index is 12.4. The zero-order chi connectivity index (χ0) is 21.6. The van der Waals surface area contributed by atoms with E-state index < -0.39 is 11.9 Å². The Bertz CT molecular complexity index is 915. The molecule has 164 valence electrons. The molecule has 3 heterocycles. The largest absolute Gasteiger partial charge is 0.481 e. The molecule has 31 heavy (non-hydrogen) atoms. The number of carboxylic acids is 1. The van der Waals surface area contributed by atoms with E-state index >= 15 is 0 Å². The van der Waals surface area contributed by atoms with Gasteiger partial charge in [-0.25, -0.2) is 0 Å². The number of hydrogen-bond acceptors (Lipinski definition) is 7. The highest BCUT2D eigenvalue weighted by molar-refractivity contribution is 5.93. The van der Waals surface area contributed by atoms with Crippen molar-refractivity contribution < 1.29 is 24.2 Å². The average molecular weight is 426 g/mol. The summed E-state index contributed by atoms with van der Waals surface area (Å²) in [5, 5.41) is 12.4. The standard InChI is InChI=1S/C22H26N4O5/c27-21(24-17-4-5-19-20(12-17)31-15-30-19)11-16(22(28)29)13-25-7-9-26(10-8-25)14-18-3-1-2-6-23-18/h1-6,12,16H,7-11,13-15H2,(H,24,27)(H,28,29). The second-order valence-corrected chi connectivity index (χ2v) is 7.75. The van der Waals surface area contributed by atoms with E-state index in [1.807, 2.05) is 18.2 Å². The van der Waals surface area contributed by atoms with E-state index in [2.05, 4.69) is 20.1 Å². The molecule has 1 unspecified atom stereocenters. The van der Waals surface area contributed by atoms with E-state index in [9.17, 15) is 14.7 Å². The van der Waals surface area contributed by atoms with Crippen LogP contribution >= 0.6 is 0 Å². The van der Waals surface area contributed by atoms with Gasteiger partial charge in [0.05, 0.1) is 11.6 Å². The minimum atomic E-state index is -0.961. The summed E-state index contributed by atoms with van der Waals surface area (Å²) in [6, 6.07) is 11.0. The number of ether oxygens (including phenoxy) is 2. The van der Waals surface area contributed by atoms with Crippen LogP contribution in [0.4, 0.5) is 5.69 Å². The lowest BCUT2D eigenvalue weighted by atomic mass is 10.0. The second-order valence-electron chi connectivity index (χ2n) is 7.75. The molecule has 2 aromatic rings. The normalized spacial score (nSPS) is 17.3. The van der Waals surface area contributed by atoms with Crippen LogP contribution in [0, 0.1) is 5.92 Å². The van der Waals surface area contributed by atoms with E-state index in [1.54, 1.807) is 24.4 Å². The molecule has 1 amide bonds. The van der Waals surface area contributed by atoms with Gasteiger partial charge < -0.3 is 19.9 Å². The number of hydrogen-bond donors (Lipinski definition) is 2. The summed E-state index contributed by atoms with van der Waals surface area (Å²) in [4.78, 5) is 33.0. The van der Waals surface area contributed by atoms with E-state index in [4.69, 9.17) is 9.47 Å². The average Bonchev–Trinajstić information content (AvgIpc) is 3.23. The second kappa shape index (κ2) is 9.76. The van der Waals surface area contributed by atoms with Gasteiger partial charge in [-0.1, -0.05) is 6.07 Å². The van der Waals surface area contributed by atoms with E-state index in [0.717, 1.165) is 38.4 Å². The Labute approximate surface area is 180 Å². The number of piperazine rings is 1. The van der Waals surface area contributed by atoms with Gasteiger partial charge in [-0.3, -0.25) is 24.4 Å². The summed E-state index contributed by atoms with van der Waals surface area (Å²) < 4.78 is 10.6. The smallest absolute Gasteiger partial charge is 0.308 e. The van der Waals surface area contributed by atoms with Crippen LogP contribution in [0.5, 0.6) is 11.5 Å². The fourth-order valence-corrected chi connectivity index (χ4v) is 3.80. The van der Waals surface area contributed by atoms with Crippen molar-refractivity contribution in [2.24, 2.45) is 5.92 Å². The highest BCUT2D eigenvalue weighted by atomic mass is 16.7. The van der Waals surface area contributed by atoms with Gasteiger partial charge >= 0.3 is 5.97 Å². The SMILES string of the molecule is O=C(CC(CN1CCN(Cc2ccccn2)CC1)C(=O)O)Nc1ccc2c(c1)OCO2. The van der Waals surface area contributed by atoms with Crippen molar-refractivity contribution in [1.82, 2.24) is 14.8 Å². The van der Waals surface area contributed by atoms with Gasteiger partial charge in [-0.2, -0.15) is 0 Å². The lowest BCUT2D eigenvalue weighted by Gasteiger charge is -2.35. The molecular weight excluding hydrogens is 400 g/mol. The van der Waals surface area contributed by atoms with Crippen molar-refractivity contribution in [2.45, 2.75) is 13.0 Å². The monoisotopic (exact) mass is 426 g/mol. The molecule has 0 aliphatic carbocycles. The maximum absolute atomic E-state index is 12.4. The molecule has 4 rings (SSSR count). The lowest BCUT2D eigenvalue weighted by Crippen LogP contribution is -2.48. The van der Waals surface area contributed by atoms with Gasteiger partial charge in [-0.15, -0.1) is 0 Å². The highest BCUT2D eigenvalue weighted by Crippen LogP contribution is 2.34. The molecule has 0 bridgehead atoms. The van der Waals surface area contributed by atoms with Crippen LogP contribution in [-0.2, 0) is 16.1 Å².